The normalized spacial score (nSPS) is 16.6. The molecule has 8 nitrogen and oxygen atoms in total. The topological polar surface area (TPSA) is 121 Å². The first kappa shape index (κ1) is 28.6. The largest absolute Gasteiger partial charge is 0.480 e. The zero-order valence-electron chi connectivity index (χ0n) is 24.1. The number of amides is 1. The lowest BCUT2D eigenvalue weighted by molar-refractivity contribution is -0.141. The summed E-state index contributed by atoms with van der Waals surface area (Å²) in [6, 6.07) is 29.0. The Morgan fingerprint density at radius 2 is 1.84 bits per heavy atom. The second kappa shape index (κ2) is 11.3. The van der Waals surface area contributed by atoms with Crippen LogP contribution >= 0.6 is 11.3 Å². The van der Waals surface area contributed by atoms with Gasteiger partial charge in [0.25, 0.3) is 5.91 Å². The molecule has 1 unspecified atom stereocenters. The second-order valence-electron chi connectivity index (χ2n) is 11.0. The van der Waals surface area contributed by atoms with Gasteiger partial charge in [0.05, 0.1) is 29.0 Å². The van der Waals surface area contributed by atoms with Crippen LogP contribution in [-0.4, -0.2) is 29.2 Å². The van der Waals surface area contributed by atoms with Gasteiger partial charge in [0.15, 0.2) is 5.41 Å². The molecule has 44 heavy (non-hydrogen) atoms. The molecule has 0 saturated heterocycles. The van der Waals surface area contributed by atoms with Crippen molar-refractivity contribution >= 4 is 52.1 Å². The van der Waals surface area contributed by atoms with E-state index in [2.05, 4.69) is 40.3 Å². The van der Waals surface area contributed by atoms with E-state index in [1.165, 1.54) is 23.8 Å². The Morgan fingerprint density at radius 1 is 1.05 bits per heavy atom. The van der Waals surface area contributed by atoms with Gasteiger partial charge in [-0.05, 0) is 104 Å². The van der Waals surface area contributed by atoms with E-state index in [0.717, 1.165) is 56.7 Å². The number of benzene rings is 3. The monoisotopic (exact) mass is 597 g/mol. The molecule has 0 fully saturated rings. The molecule has 1 aromatic heterocycles. The van der Waals surface area contributed by atoms with E-state index in [-0.39, 0.29) is 11.3 Å². The Morgan fingerprint density at radius 3 is 2.57 bits per heavy atom. The Kier molecular flexibility index (Phi) is 7.34. The lowest BCUT2D eigenvalue weighted by atomic mass is 9.82. The summed E-state index contributed by atoms with van der Waals surface area (Å²) < 4.78 is 0. The van der Waals surface area contributed by atoms with E-state index in [0.29, 0.717) is 11.3 Å². The molecule has 216 valence electrons. The highest BCUT2D eigenvalue weighted by molar-refractivity contribution is 7.16. The van der Waals surface area contributed by atoms with Crippen molar-refractivity contribution in [3.05, 3.63) is 106 Å². The number of nitrogens with zero attached hydrogens (tertiary/aromatic N) is 5. The number of fused-ring (bicyclic) bond motifs is 1. The first-order valence-electron chi connectivity index (χ1n) is 14.1. The third kappa shape index (κ3) is 5.04. The lowest BCUT2D eigenvalue weighted by Gasteiger charge is -2.32. The molecular formula is C35H27N5O3S. The van der Waals surface area contributed by atoms with Gasteiger partial charge < -0.3 is 10.0 Å². The fraction of sp³-hybridized carbons (Fsp3) is 0.171. The molecule has 4 aromatic rings. The van der Waals surface area contributed by atoms with Crippen LogP contribution < -0.4 is 9.91 Å². The van der Waals surface area contributed by atoms with Crippen molar-refractivity contribution in [3.63, 3.8) is 0 Å². The highest BCUT2D eigenvalue weighted by Gasteiger charge is 2.47. The first-order valence-corrected chi connectivity index (χ1v) is 14.9. The average Bonchev–Trinajstić information content (AvgIpc) is 3.65. The molecule has 9 heteroatoms. The number of carboxylic acid groups (broad SMARTS) is 1. The van der Waals surface area contributed by atoms with E-state index in [9.17, 15) is 25.2 Å². The molecule has 1 N–H and O–H groups in total. The van der Waals surface area contributed by atoms with Crippen LogP contribution in [0.4, 0.5) is 17.1 Å². The third-order valence-corrected chi connectivity index (χ3v) is 8.98. The maximum absolute atomic E-state index is 13.6. The van der Waals surface area contributed by atoms with Crippen molar-refractivity contribution in [3.8, 4) is 22.6 Å². The number of anilines is 3. The molecule has 6 rings (SSSR count). The number of aliphatic carboxylic acids is 1. The number of hydrogen-bond acceptors (Lipinski definition) is 7. The number of hydrazone groups is 1. The molecule has 3 heterocycles. The minimum Gasteiger partial charge on any atom is -0.480 e. The number of carboxylic acids is 1. The standard InChI is InChI=1S/C35H27N5O3S/c1-22-15-23(20-36)17-27(16-22)39-14-6-7-24-18-25(10-12-30(24)39)31-13-11-28(44-31)19-29-32(35(2,21-37)34(42)43)38-40(33(29)41)26-8-4-3-5-9-26/h3-5,8-13,15-19H,6-7,14H2,1-2H3,(H,42,43)/b29-19-. The van der Waals surface area contributed by atoms with Crippen molar-refractivity contribution in [1.29, 1.82) is 10.5 Å². The summed E-state index contributed by atoms with van der Waals surface area (Å²) in [5, 5.41) is 34.7. The quantitative estimate of drug-likeness (QED) is 0.237. The van der Waals surface area contributed by atoms with Crippen LogP contribution in [0.15, 0.2) is 89.5 Å². The fourth-order valence-electron chi connectivity index (χ4n) is 5.59. The number of carbonyl (C=O) groups excluding carboxylic acids is 1. The Hall–Kier alpha value is -5.51. The van der Waals surface area contributed by atoms with E-state index >= 15 is 0 Å². The molecule has 1 atom stereocenters. The number of para-hydroxylation sites is 1. The summed E-state index contributed by atoms with van der Waals surface area (Å²) in [6.07, 6.45) is 3.55. The van der Waals surface area contributed by atoms with Crippen molar-refractivity contribution < 1.29 is 14.7 Å². The highest BCUT2D eigenvalue weighted by atomic mass is 32.1. The van der Waals surface area contributed by atoms with Crippen molar-refractivity contribution in [2.24, 2.45) is 10.5 Å². The van der Waals surface area contributed by atoms with Gasteiger partial charge in [-0.15, -0.1) is 11.3 Å². The smallest absolute Gasteiger partial charge is 0.330 e. The van der Waals surface area contributed by atoms with Gasteiger partial charge >= 0.3 is 5.97 Å². The molecule has 2 aliphatic heterocycles. The number of nitriles is 2. The van der Waals surface area contributed by atoms with Crippen LogP contribution in [0.2, 0.25) is 0 Å². The predicted octanol–water partition coefficient (Wildman–Crippen LogP) is 7.08. The molecule has 0 spiro atoms. The maximum atomic E-state index is 13.6. The Labute approximate surface area is 259 Å². The van der Waals surface area contributed by atoms with Crippen molar-refractivity contribution in [2.45, 2.75) is 26.7 Å². The van der Waals surface area contributed by atoms with E-state index in [4.69, 9.17) is 0 Å². The summed E-state index contributed by atoms with van der Waals surface area (Å²) in [5.74, 6) is -1.87. The lowest BCUT2D eigenvalue weighted by Crippen LogP contribution is -2.35. The summed E-state index contributed by atoms with van der Waals surface area (Å²) in [7, 11) is 0. The van der Waals surface area contributed by atoms with Crippen LogP contribution in [0, 0.1) is 35.0 Å². The fourth-order valence-corrected chi connectivity index (χ4v) is 6.54. The average molecular weight is 598 g/mol. The number of rotatable bonds is 6. The summed E-state index contributed by atoms with van der Waals surface area (Å²) >= 11 is 1.47. The van der Waals surface area contributed by atoms with Gasteiger partial charge in [0, 0.05) is 27.7 Å². The molecule has 0 radical (unpaired) electrons. The number of aryl methyl sites for hydroxylation is 2. The van der Waals surface area contributed by atoms with Gasteiger partial charge in [-0.3, -0.25) is 9.59 Å². The second-order valence-corrected chi connectivity index (χ2v) is 12.1. The van der Waals surface area contributed by atoms with E-state index < -0.39 is 17.3 Å². The minimum atomic E-state index is -2.01. The van der Waals surface area contributed by atoms with Crippen molar-refractivity contribution in [2.75, 3.05) is 16.5 Å². The van der Waals surface area contributed by atoms with Crippen LogP contribution in [0.1, 0.15) is 34.9 Å². The number of thiophene rings is 1. The zero-order chi connectivity index (χ0) is 31.0. The maximum Gasteiger partial charge on any atom is 0.330 e. The Bertz CT molecular complexity index is 1960. The van der Waals surface area contributed by atoms with Gasteiger partial charge in [-0.2, -0.15) is 20.6 Å². The zero-order valence-corrected chi connectivity index (χ0v) is 24.9. The molecule has 3 aromatic carbocycles. The van der Waals surface area contributed by atoms with E-state index in [1.807, 2.05) is 37.3 Å². The predicted molar refractivity (Wildman–Crippen MR) is 172 cm³/mol. The molecular weight excluding hydrogens is 570 g/mol. The summed E-state index contributed by atoms with van der Waals surface area (Å²) in [5.41, 5.74) is 4.51. The molecule has 0 bridgehead atoms. The minimum absolute atomic E-state index is 0.0738. The highest BCUT2D eigenvalue weighted by Crippen LogP contribution is 2.39. The van der Waals surface area contributed by atoms with Crippen LogP contribution in [0.5, 0.6) is 0 Å². The van der Waals surface area contributed by atoms with Crippen LogP contribution in [-0.2, 0) is 16.0 Å². The summed E-state index contributed by atoms with van der Waals surface area (Å²) in [6.45, 7) is 4.13. The van der Waals surface area contributed by atoms with E-state index in [1.54, 1.807) is 36.4 Å². The number of carbonyl (C=O) groups is 2. The Balaban J connectivity index is 1.34. The SMILES string of the molecule is Cc1cc(C#N)cc(N2CCCc3cc(-c4ccc(/C=C5\C(=O)N(c6ccccc6)N=C5C(C)(C#N)C(=O)O)s4)ccc32)c1. The molecule has 0 aliphatic carbocycles. The van der Waals surface area contributed by atoms with Crippen LogP contribution in [0.3, 0.4) is 0 Å². The van der Waals surface area contributed by atoms with Gasteiger partial charge in [-0.25, -0.2) is 0 Å². The molecule has 0 saturated carbocycles. The summed E-state index contributed by atoms with van der Waals surface area (Å²) in [4.78, 5) is 29.7. The molecule has 1 amide bonds. The van der Waals surface area contributed by atoms with Crippen molar-refractivity contribution in [1.82, 2.24) is 0 Å². The van der Waals surface area contributed by atoms with Gasteiger partial charge in [0.2, 0.25) is 0 Å². The van der Waals surface area contributed by atoms with Gasteiger partial charge in [-0.1, -0.05) is 24.3 Å². The van der Waals surface area contributed by atoms with Crippen LogP contribution in [0.25, 0.3) is 16.5 Å². The first-order chi connectivity index (χ1) is 21.2. The van der Waals surface area contributed by atoms with Gasteiger partial charge in [0.1, 0.15) is 5.71 Å². The number of hydrogen-bond donors (Lipinski definition) is 1. The molecule has 2 aliphatic rings. The third-order valence-electron chi connectivity index (χ3n) is 7.90.